The van der Waals surface area contributed by atoms with Crippen LogP contribution in [0.25, 0.3) is 0 Å². The molecule has 0 aliphatic heterocycles. The summed E-state index contributed by atoms with van der Waals surface area (Å²) < 4.78 is 0. The van der Waals surface area contributed by atoms with Crippen molar-refractivity contribution in [2.75, 3.05) is 6.54 Å². The molecule has 1 N–H and O–H groups in total. The van der Waals surface area contributed by atoms with E-state index in [1.807, 2.05) is 5.57 Å². The Balaban J connectivity index is 1.45. The fraction of sp³-hybridized carbons (Fsp3) is 0.933. The van der Waals surface area contributed by atoms with Crippen molar-refractivity contribution in [1.29, 1.82) is 0 Å². The molecule has 0 aromatic rings. The van der Waals surface area contributed by atoms with Gasteiger partial charge in [0.25, 0.3) is 0 Å². The second-order valence-electron chi connectivity index (χ2n) is 13.2. The lowest BCUT2D eigenvalue weighted by Gasteiger charge is -2.58. The average molecular weight is 428 g/mol. The van der Waals surface area contributed by atoms with E-state index in [-0.39, 0.29) is 0 Å². The molecule has 8 atom stereocenters. The molecule has 3 saturated carbocycles. The lowest BCUT2D eigenvalue weighted by Crippen LogP contribution is -2.51. The number of fused-ring (bicyclic) bond motifs is 5. The van der Waals surface area contributed by atoms with Gasteiger partial charge in [-0.2, -0.15) is 0 Å². The minimum absolute atomic E-state index is 0.510. The molecule has 31 heavy (non-hydrogen) atoms. The minimum Gasteiger partial charge on any atom is -0.314 e. The molecule has 4 aliphatic rings. The smallest absolute Gasteiger partial charge is 0.0105 e. The van der Waals surface area contributed by atoms with E-state index in [1.54, 1.807) is 0 Å². The largest absolute Gasteiger partial charge is 0.314 e. The molecule has 4 aliphatic carbocycles. The monoisotopic (exact) mass is 427 g/mol. The molecule has 0 aromatic carbocycles. The maximum absolute atomic E-state index is 3.84. The minimum atomic E-state index is 0.510. The second kappa shape index (κ2) is 9.52. The van der Waals surface area contributed by atoms with Crippen LogP contribution in [-0.4, -0.2) is 12.6 Å². The topological polar surface area (TPSA) is 12.0 Å². The Morgan fingerprint density at radius 2 is 1.81 bits per heavy atom. The predicted octanol–water partition coefficient (Wildman–Crippen LogP) is 8.40. The lowest BCUT2D eigenvalue weighted by atomic mass is 9.47. The molecule has 178 valence electrons. The van der Waals surface area contributed by atoms with Crippen LogP contribution in [0.4, 0.5) is 0 Å². The number of allylic oxidation sites excluding steroid dienone is 1. The van der Waals surface area contributed by atoms with Gasteiger partial charge in [0.2, 0.25) is 0 Å². The summed E-state index contributed by atoms with van der Waals surface area (Å²) in [5.41, 5.74) is 2.98. The van der Waals surface area contributed by atoms with Crippen molar-refractivity contribution in [3.63, 3.8) is 0 Å². The fourth-order valence-corrected chi connectivity index (χ4v) is 9.21. The van der Waals surface area contributed by atoms with Crippen molar-refractivity contribution < 1.29 is 0 Å². The van der Waals surface area contributed by atoms with Crippen molar-refractivity contribution in [2.24, 2.45) is 46.3 Å². The van der Waals surface area contributed by atoms with Gasteiger partial charge in [0.05, 0.1) is 0 Å². The summed E-state index contributed by atoms with van der Waals surface area (Å²) in [6.45, 7) is 16.3. The number of rotatable bonds is 8. The highest BCUT2D eigenvalue weighted by molar-refractivity contribution is 5.26. The highest BCUT2D eigenvalue weighted by atomic mass is 14.9. The van der Waals surface area contributed by atoms with Gasteiger partial charge in [0.1, 0.15) is 0 Å². The molecule has 5 unspecified atom stereocenters. The average Bonchev–Trinajstić information content (AvgIpc) is 3.09. The summed E-state index contributed by atoms with van der Waals surface area (Å²) in [6.07, 6.45) is 20.0. The lowest BCUT2D eigenvalue weighted by molar-refractivity contribution is -0.0514. The van der Waals surface area contributed by atoms with Crippen LogP contribution in [0, 0.1) is 46.3 Å². The van der Waals surface area contributed by atoms with Crippen LogP contribution >= 0.6 is 0 Å². The van der Waals surface area contributed by atoms with Gasteiger partial charge in [0.15, 0.2) is 0 Å². The summed E-state index contributed by atoms with van der Waals surface area (Å²) in [4.78, 5) is 0. The molecule has 3 fully saturated rings. The Hall–Kier alpha value is -0.300. The van der Waals surface area contributed by atoms with Crippen molar-refractivity contribution >= 4 is 0 Å². The first-order chi connectivity index (χ1) is 14.8. The zero-order valence-corrected chi connectivity index (χ0v) is 21.8. The van der Waals surface area contributed by atoms with E-state index in [0.29, 0.717) is 10.8 Å². The molecular formula is C30H53N. The van der Waals surface area contributed by atoms with Gasteiger partial charge in [-0.05, 0) is 111 Å². The first kappa shape index (κ1) is 23.8. The van der Waals surface area contributed by atoms with Crippen LogP contribution in [0.1, 0.15) is 119 Å². The van der Waals surface area contributed by atoms with E-state index >= 15 is 0 Å². The SMILES string of the molecule is CCCN[C@H]1CCC2(C)C(=CC[C@H]3C2CCC2(C)C3CCC2[C@H](C)CCCC(C)C)C1. The number of hydrogen-bond acceptors (Lipinski definition) is 1. The van der Waals surface area contributed by atoms with Crippen LogP contribution in [0.2, 0.25) is 0 Å². The molecule has 0 radical (unpaired) electrons. The summed E-state index contributed by atoms with van der Waals surface area (Å²) in [5, 5.41) is 3.84. The van der Waals surface area contributed by atoms with Crippen LogP contribution < -0.4 is 5.32 Å². The highest BCUT2D eigenvalue weighted by Crippen LogP contribution is 2.67. The summed E-state index contributed by atoms with van der Waals surface area (Å²) >= 11 is 0. The molecule has 0 amide bonds. The third-order valence-electron chi connectivity index (χ3n) is 11.0. The van der Waals surface area contributed by atoms with Crippen LogP contribution in [-0.2, 0) is 0 Å². The molecule has 0 saturated heterocycles. The van der Waals surface area contributed by atoms with E-state index in [4.69, 9.17) is 0 Å². The molecule has 0 bridgehead atoms. The third kappa shape index (κ3) is 4.43. The summed E-state index contributed by atoms with van der Waals surface area (Å²) in [6, 6.07) is 0.743. The van der Waals surface area contributed by atoms with Crippen molar-refractivity contribution in [3.8, 4) is 0 Å². The second-order valence-corrected chi connectivity index (χ2v) is 13.2. The predicted molar refractivity (Wildman–Crippen MR) is 135 cm³/mol. The van der Waals surface area contributed by atoms with E-state index in [2.05, 4.69) is 52.9 Å². The Morgan fingerprint density at radius 1 is 1.00 bits per heavy atom. The van der Waals surface area contributed by atoms with E-state index in [9.17, 15) is 0 Å². The normalized spacial score (nSPS) is 43.2. The van der Waals surface area contributed by atoms with E-state index < -0.39 is 0 Å². The number of nitrogens with one attached hydrogen (secondary N) is 1. The van der Waals surface area contributed by atoms with Crippen molar-refractivity contribution in [2.45, 2.75) is 125 Å². The summed E-state index contributed by atoms with van der Waals surface area (Å²) in [5.74, 6) is 5.71. The quantitative estimate of drug-likeness (QED) is 0.383. The molecule has 0 heterocycles. The van der Waals surface area contributed by atoms with Gasteiger partial charge < -0.3 is 5.32 Å². The molecule has 4 rings (SSSR count). The van der Waals surface area contributed by atoms with Gasteiger partial charge in [-0.25, -0.2) is 0 Å². The fourth-order valence-electron chi connectivity index (χ4n) is 9.21. The standard InChI is InChI=1S/C30H53N/c1-7-19-31-24-15-17-29(5)23(20-24)11-12-25-27-14-13-26(22(4)10-8-9-21(2)3)30(27,6)18-16-28(25)29/h11,21-22,24-28,31H,7-10,12-20H2,1-6H3/t22-,24+,25-,26?,27?,28?,29?,30?/m1/s1. The molecule has 0 spiro atoms. The van der Waals surface area contributed by atoms with Gasteiger partial charge in [-0.3, -0.25) is 0 Å². The molecule has 1 nitrogen and oxygen atoms in total. The van der Waals surface area contributed by atoms with Gasteiger partial charge in [-0.1, -0.05) is 72.5 Å². The zero-order valence-electron chi connectivity index (χ0n) is 21.8. The first-order valence-corrected chi connectivity index (χ1v) is 14.2. The van der Waals surface area contributed by atoms with Crippen LogP contribution in [0.5, 0.6) is 0 Å². The zero-order chi connectivity index (χ0) is 22.2. The van der Waals surface area contributed by atoms with E-state index in [1.165, 1.54) is 83.6 Å². The maximum Gasteiger partial charge on any atom is 0.0105 e. The number of hydrogen-bond donors (Lipinski definition) is 1. The third-order valence-corrected chi connectivity index (χ3v) is 11.0. The van der Waals surface area contributed by atoms with Gasteiger partial charge in [0, 0.05) is 6.04 Å². The Labute approximate surface area is 194 Å². The van der Waals surface area contributed by atoms with Crippen molar-refractivity contribution in [1.82, 2.24) is 5.32 Å². The molecule has 1 heteroatoms. The van der Waals surface area contributed by atoms with Gasteiger partial charge >= 0.3 is 0 Å². The molecule has 0 aromatic heterocycles. The Bertz CT molecular complexity index is 634. The van der Waals surface area contributed by atoms with Crippen LogP contribution in [0.3, 0.4) is 0 Å². The first-order valence-electron chi connectivity index (χ1n) is 14.2. The maximum atomic E-state index is 3.84. The molecular weight excluding hydrogens is 374 g/mol. The van der Waals surface area contributed by atoms with Gasteiger partial charge in [-0.15, -0.1) is 0 Å². The highest BCUT2D eigenvalue weighted by Gasteiger charge is 2.59. The van der Waals surface area contributed by atoms with Crippen molar-refractivity contribution in [3.05, 3.63) is 11.6 Å². The summed E-state index contributed by atoms with van der Waals surface area (Å²) in [7, 11) is 0. The van der Waals surface area contributed by atoms with Crippen LogP contribution in [0.15, 0.2) is 11.6 Å². The Morgan fingerprint density at radius 3 is 2.55 bits per heavy atom. The van der Waals surface area contributed by atoms with E-state index in [0.717, 1.165) is 41.5 Å². The Kier molecular flexibility index (Phi) is 7.32.